The number of hydrogen-bond acceptors (Lipinski definition) is 4. The molecule has 82 valence electrons. The van der Waals surface area contributed by atoms with Gasteiger partial charge < -0.3 is 16.4 Å². The standard InChI is InChI=1S/C4H11N5O4S/c1-9(2-13-14(10,11)12)4(7)8-3(5)6/h2H2,1H3,(H,10,11,12)(H5,5,6,7,8). The second-order valence-electron chi connectivity index (χ2n) is 2.23. The highest BCUT2D eigenvalue weighted by Crippen LogP contribution is 1.91. The number of nitrogens with two attached hydrogens (primary N) is 2. The van der Waals surface area contributed by atoms with Crippen LogP contribution in [0.3, 0.4) is 0 Å². The van der Waals surface area contributed by atoms with Gasteiger partial charge in [-0.25, -0.2) is 4.18 Å². The summed E-state index contributed by atoms with van der Waals surface area (Å²) in [6, 6.07) is 0. The molecule has 0 radical (unpaired) electrons. The molecule has 0 aliphatic carbocycles. The van der Waals surface area contributed by atoms with Crippen molar-refractivity contribution < 1.29 is 17.2 Å². The summed E-state index contributed by atoms with van der Waals surface area (Å²) in [4.78, 5) is 4.27. The van der Waals surface area contributed by atoms with E-state index in [1.165, 1.54) is 7.05 Å². The maximum atomic E-state index is 10.1. The third-order valence-corrected chi connectivity index (χ3v) is 1.40. The van der Waals surface area contributed by atoms with Gasteiger partial charge in [0, 0.05) is 7.05 Å². The Labute approximate surface area is 80.8 Å². The fourth-order valence-electron chi connectivity index (χ4n) is 0.414. The summed E-state index contributed by atoms with van der Waals surface area (Å²) in [6.07, 6.45) is 0. The van der Waals surface area contributed by atoms with Crippen molar-refractivity contribution in [2.75, 3.05) is 13.8 Å². The SMILES string of the molecule is CN(COS(=O)(=O)O)C(=N)N=C(N)N. The van der Waals surface area contributed by atoms with Crippen LogP contribution in [0.15, 0.2) is 4.99 Å². The van der Waals surface area contributed by atoms with E-state index in [0.29, 0.717) is 0 Å². The summed E-state index contributed by atoms with van der Waals surface area (Å²) >= 11 is 0. The maximum Gasteiger partial charge on any atom is 0.399 e. The Bertz CT molecular complexity index is 332. The zero-order valence-electron chi connectivity index (χ0n) is 7.34. The van der Waals surface area contributed by atoms with Crippen molar-refractivity contribution in [2.24, 2.45) is 16.5 Å². The summed E-state index contributed by atoms with van der Waals surface area (Å²) in [5.74, 6) is -0.734. The monoisotopic (exact) mass is 225 g/mol. The van der Waals surface area contributed by atoms with Gasteiger partial charge in [0.15, 0.2) is 5.96 Å². The Hall–Kier alpha value is -1.39. The minimum Gasteiger partial charge on any atom is -0.370 e. The predicted molar refractivity (Wildman–Crippen MR) is 48.8 cm³/mol. The van der Waals surface area contributed by atoms with Crippen LogP contribution in [0.2, 0.25) is 0 Å². The lowest BCUT2D eigenvalue weighted by molar-refractivity contribution is 0.193. The molecule has 0 aliphatic rings. The third kappa shape index (κ3) is 6.16. The van der Waals surface area contributed by atoms with Crippen molar-refractivity contribution in [1.82, 2.24) is 4.90 Å². The molecule has 14 heavy (non-hydrogen) atoms. The van der Waals surface area contributed by atoms with E-state index in [9.17, 15) is 8.42 Å². The normalized spacial score (nSPS) is 10.7. The van der Waals surface area contributed by atoms with E-state index in [1.54, 1.807) is 0 Å². The van der Waals surface area contributed by atoms with E-state index in [-0.39, 0.29) is 5.96 Å². The van der Waals surface area contributed by atoms with E-state index in [1.807, 2.05) is 0 Å². The smallest absolute Gasteiger partial charge is 0.370 e. The molecular formula is C4H11N5O4S. The molecule has 0 unspecified atom stereocenters. The number of hydrogen-bond donors (Lipinski definition) is 4. The van der Waals surface area contributed by atoms with Gasteiger partial charge in [0.05, 0.1) is 0 Å². The molecule has 0 bridgehead atoms. The minimum atomic E-state index is -4.53. The molecule has 0 spiro atoms. The van der Waals surface area contributed by atoms with Crippen molar-refractivity contribution in [3.63, 3.8) is 0 Å². The first-order valence-corrected chi connectivity index (χ1v) is 4.60. The fourth-order valence-corrected chi connectivity index (χ4v) is 0.706. The van der Waals surface area contributed by atoms with Crippen LogP contribution in [0, 0.1) is 5.41 Å². The van der Waals surface area contributed by atoms with E-state index < -0.39 is 23.1 Å². The van der Waals surface area contributed by atoms with E-state index in [4.69, 9.17) is 21.4 Å². The first kappa shape index (κ1) is 12.6. The summed E-state index contributed by atoms with van der Waals surface area (Å²) in [5.41, 5.74) is 9.93. The Morgan fingerprint density at radius 3 is 2.50 bits per heavy atom. The van der Waals surface area contributed by atoms with Crippen molar-refractivity contribution in [3.8, 4) is 0 Å². The van der Waals surface area contributed by atoms with Crippen molar-refractivity contribution in [3.05, 3.63) is 0 Å². The van der Waals surface area contributed by atoms with E-state index >= 15 is 0 Å². The average molecular weight is 225 g/mol. The molecule has 0 atom stereocenters. The number of guanidine groups is 2. The summed E-state index contributed by atoms with van der Waals surface area (Å²) in [6.45, 7) is -0.561. The molecule has 0 saturated carbocycles. The average Bonchev–Trinajstić information content (AvgIpc) is 1.97. The molecule has 0 heterocycles. The quantitative estimate of drug-likeness (QED) is 0.185. The van der Waals surface area contributed by atoms with Crippen molar-refractivity contribution in [2.45, 2.75) is 0 Å². The fraction of sp³-hybridized carbons (Fsp3) is 0.500. The van der Waals surface area contributed by atoms with Crippen LogP contribution in [0.5, 0.6) is 0 Å². The van der Waals surface area contributed by atoms with Crippen LogP contribution in [0.1, 0.15) is 0 Å². The lowest BCUT2D eigenvalue weighted by atomic mass is 10.8. The molecule has 0 aromatic heterocycles. The molecule has 0 fully saturated rings. The van der Waals surface area contributed by atoms with Gasteiger partial charge in [-0.1, -0.05) is 0 Å². The molecule has 0 saturated heterocycles. The summed E-state index contributed by atoms with van der Waals surface area (Å²) in [7, 11) is -3.22. The predicted octanol–water partition coefficient (Wildman–Crippen LogP) is -2.10. The largest absolute Gasteiger partial charge is 0.399 e. The van der Waals surface area contributed by atoms with Gasteiger partial charge in [-0.2, -0.15) is 13.4 Å². The maximum absolute atomic E-state index is 10.1. The number of nitrogens with one attached hydrogen (secondary N) is 1. The molecule has 0 aliphatic heterocycles. The van der Waals surface area contributed by atoms with Crippen LogP contribution in [-0.2, 0) is 14.6 Å². The van der Waals surface area contributed by atoms with Gasteiger partial charge in [-0.15, -0.1) is 0 Å². The van der Waals surface area contributed by atoms with Gasteiger partial charge in [-0.3, -0.25) is 9.96 Å². The Kier molecular flexibility index (Phi) is 4.27. The lowest BCUT2D eigenvalue weighted by Crippen LogP contribution is -2.32. The highest BCUT2D eigenvalue weighted by atomic mass is 32.3. The highest BCUT2D eigenvalue weighted by Gasteiger charge is 2.09. The third-order valence-electron chi connectivity index (χ3n) is 0.992. The zero-order valence-corrected chi connectivity index (χ0v) is 8.15. The Balaban J connectivity index is 4.17. The second kappa shape index (κ2) is 4.74. The minimum absolute atomic E-state index is 0.339. The first-order valence-electron chi connectivity index (χ1n) is 3.23. The number of rotatable bonds is 3. The number of nitrogens with zero attached hydrogens (tertiary/aromatic N) is 2. The van der Waals surface area contributed by atoms with Gasteiger partial charge in [0.2, 0.25) is 5.96 Å². The second-order valence-corrected chi connectivity index (χ2v) is 3.32. The van der Waals surface area contributed by atoms with E-state index in [0.717, 1.165) is 4.90 Å². The first-order chi connectivity index (χ1) is 6.22. The molecule has 0 rings (SSSR count). The Morgan fingerprint density at radius 2 is 2.14 bits per heavy atom. The molecule has 0 amide bonds. The van der Waals surface area contributed by atoms with Gasteiger partial charge in [-0.05, 0) is 0 Å². The van der Waals surface area contributed by atoms with Crippen LogP contribution in [0.4, 0.5) is 0 Å². The van der Waals surface area contributed by atoms with E-state index in [2.05, 4.69) is 9.18 Å². The molecule has 0 aromatic carbocycles. The topological polar surface area (TPSA) is 155 Å². The number of aliphatic imine (C=N–C) groups is 1. The van der Waals surface area contributed by atoms with Crippen LogP contribution >= 0.6 is 0 Å². The van der Waals surface area contributed by atoms with Crippen LogP contribution < -0.4 is 11.5 Å². The van der Waals surface area contributed by atoms with Crippen LogP contribution in [-0.4, -0.2) is 43.6 Å². The highest BCUT2D eigenvalue weighted by molar-refractivity contribution is 7.80. The molecule has 9 nitrogen and oxygen atoms in total. The molecule has 10 heteroatoms. The molecular weight excluding hydrogens is 214 g/mol. The Morgan fingerprint density at radius 1 is 1.64 bits per heavy atom. The lowest BCUT2D eigenvalue weighted by Gasteiger charge is -2.14. The van der Waals surface area contributed by atoms with Gasteiger partial charge in [0.25, 0.3) is 0 Å². The van der Waals surface area contributed by atoms with Crippen molar-refractivity contribution in [1.29, 1.82) is 5.41 Å². The van der Waals surface area contributed by atoms with Gasteiger partial charge in [0.1, 0.15) is 6.73 Å². The van der Waals surface area contributed by atoms with Gasteiger partial charge >= 0.3 is 10.4 Å². The zero-order chi connectivity index (χ0) is 11.4. The van der Waals surface area contributed by atoms with Crippen LogP contribution in [0.25, 0.3) is 0 Å². The summed E-state index contributed by atoms with van der Waals surface area (Å²) in [5, 5.41) is 7.15. The van der Waals surface area contributed by atoms with Crippen molar-refractivity contribution >= 4 is 22.3 Å². The summed E-state index contributed by atoms with van der Waals surface area (Å²) < 4.78 is 32.4. The molecule has 0 aromatic rings. The molecule has 6 N–H and O–H groups in total.